The fourth-order valence-electron chi connectivity index (χ4n) is 8.80. The summed E-state index contributed by atoms with van der Waals surface area (Å²) in [5.41, 5.74) is 11.3. The highest BCUT2D eigenvalue weighted by atomic mass is 16.5. The Morgan fingerprint density at radius 3 is 2.32 bits per heavy atom. The lowest BCUT2D eigenvalue weighted by Crippen LogP contribution is -2.21. The van der Waals surface area contributed by atoms with Crippen LogP contribution in [0.2, 0.25) is 0 Å². The van der Waals surface area contributed by atoms with Crippen molar-refractivity contribution in [3.63, 3.8) is 0 Å². The monoisotopic (exact) mass is 706 g/mol. The summed E-state index contributed by atoms with van der Waals surface area (Å²) in [6, 6.07) is 26.2. The molecule has 3 aromatic heterocycles. The maximum Gasteiger partial charge on any atom is 0.137 e. The number of benzene rings is 3. The molecule has 3 heterocycles. The van der Waals surface area contributed by atoms with E-state index in [0.29, 0.717) is 23.7 Å². The third-order valence-electron chi connectivity index (χ3n) is 11.3. The third kappa shape index (κ3) is 7.07. The van der Waals surface area contributed by atoms with Crippen molar-refractivity contribution in [2.75, 3.05) is 0 Å². The number of rotatable bonds is 10. The van der Waals surface area contributed by atoms with E-state index in [1.807, 2.05) is 6.20 Å². The largest absolute Gasteiger partial charge is 0.457 e. The predicted octanol–water partition coefficient (Wildman–Crippen LogP) is 13.2. The van der Waals surface area contributed by atoms with E-state index in [-0.39, 0.29) is 5.41 Å². The molecule has 0 unspecified atom stereocenters. The van der Waals surface area contributed by atoms with Gasteiger partial charge in [0.25, 0.3) is 0 Å². The number of ether oxygens (including phenoxy) is 1. The Bertz CT molecular complexity index is 2290. The Labute approximate surface area is 317 Å². The predicted molar refractivity (Wildman–Crippen MR) is 222 cm³/mol. The van der Waals surface area contributed by atoms with Gasteiger partial charge in [0, 0.05) is 46.3 Å². The van der Waals surface area contributed by atoms with Crippen LogP contribution in [0.15, 0.2) is 90.6 Å². The number of hydrogen-bond acceptors (Lipinski definition) is 3. The first kappa shape index (κ1) is 36.7. The van der Waals surface area contributed by atoms with Crippen molar-refractivity contribution in [2.24, 2.45) is 11.8 Å². The second kappa shape index (κ2) is 14.6. The van der Waals surface area contributed by atoms with Crippen molar-refractivity contribution in [1.29, 1.82) is 0 Å². The minimum Gasteiger partial charge on any atom is -0.457 e. The molecule has 0 spiro atoms. The van der Waals surface area contributed by atoms with Crippen LogP contribution in [0, 0.1) is 11.8 Å². The van der Waals surface area contributed by atoms with Gasteiger partial charge in [-0.05, 0) is 103 Å². The normalized spacial score (nSPS) is 17.9. The van der Waals surface area contributed by atoms with Gasteiger partial charge in [0.1, 0.15) is 17.3 Å². The molecule has 0 saturated carbocycles. The van der Waals surface area contributed by atoms with Gasteiger partial charge in [0.05, 0.1) is 22.4 Å². The molecule has 53 heavy (non-hydrogen) atoms. The lowest BCUT2D eigenvalue weighted by Gasteiger charge is -2.33. The SMILES string of the molecule is CCCc1nn(-c2cc(Oc3ccc4c5ccccc5n(-c5cc(C(C)C)ccn5)c4c3)cc(C(C)(C)C)c2)c(CCC)c1[C@H]1C(C)=C[C@H](C)C[C@@H]1C. The third-order valence-corrected chi connectivity index (χ3v) is 11.3. The molecule has 0 radical (unpaired) electrons. The van der Waals surface area contributed by atoms with Crippen molar-refractivity contribution >= 4 is 21.8 Å². The lowest BCUT2D eigenvalue weighted by atomic mass is 9.72. The van der Waals surface area contributed by atoms with Gasteiger partial charge in [-0.15, -0.1) is 0 Å². The highest BCUT2D eigenvalue weighted by molar-refractivity contribution is 6.09. The van der Waals surface area contributed by atoms with Gasteiger partial charge in [-0.1, -0.05) is 105 Å². The van der Waals surface area contributed by atoms with E-state index in [0.717, 1.165) is 59.7 Å². The lowest BCUT2D eigenvalue weighted by molar-refractivity contribution is 0.389. The van der Waals surface area contributed by atoms with Crippen LogP contribution in [0.4, 0.5) is 0 Å². The Balaban J connectivity index is 1.37. The van der Waals surface area contributed by atoms with Crippen molar-refractivity contribution in [3.05, 3.63) is 119 Å². The van der Waals surface area contributed by atoms with Crippen molar-refractivity contribution < 1.29 is 4.74 Å². The summed E-state index contributed by atoms with van der Waals surface area (Å²) in [5, 5.41) is 7.86. The summed E-state index contributed by atoms with van der Waals surface area (Å²) in [4.78, 5) is 4.86. The number of aromatic nitrogens is 4. The average molecular weight is 707 g/mol. The van der Waals surface area contributed by atoms with Crippen LogP contribution in [0.5, 0.6) is 11.5 Å². The van der Waals surface area contributed by atoms with Crippen LogP contribution in [-0.2, 0) is 18.3 Å². The van der Waals surface area contributed by atoms with Gasteiger partial charge >= 0.3 is 0 Å². The maximum absolute atomic E-state index is 6.90. The first-order chi connectivity index (χ1) is 25.4. The zero-order valence-corrected chi connectivity index (χ0v) is 33.6. The fourth-order valence-corrected chi connectivity index (χ4v) is 8.80. The maximum atomic E-state index is 6.90. The van der Waals surface area contributed by atoms with Gasteiger partial charge in [-0.3, -0.25) is 4.57 Å². The molecule has 0 amide bonds. The van der Waals surface area contributed by atoms with E-state index in [1.165, 1.54) is 50.8 Å². The molecule has 6 aromatic rings. The van der Waals surface area contributed by atoms with Crippen LogP contribution in [-0.4, -0.2) is 19.3 Å². The van der Waals surface area contributed by atoms with Crippen LogP contribution < -0.4 is 4.74 Å². The van der Waals surface area contributed by atoms with E-state index in [1.54, 1.807) is 0 Å². The molecule has 0 fully saturated rings. The Kier molecular flexibility index (Phi) is 10.1. The van der Waals surface area contributed by atoms with Gasteiger partial charge < -0.3 is 4.74 Å². The molecule has 1 aliphatic rings. The second-order valence-corrected chi connectivity index (χ2v) is 17.0. The summed E-state index contributed by atoms with van der Waals surface area (Å²) < 4.78 is 11.5. The zero-order chi connectivity index (χ0) is 37.6. The number of aryl methyl sites for hydroxylation is 1. The molecule has 0 bridgehead atoms. The Morgan fingerprint density at radius 1 is 0.849 bits per heavy atom. The van der Waals surface area contributed by atoms with Gasteiger partial charge in [0.15, 0.2) is 0 Å². The number of nitrogens with zero attached hydrogens (tertiary/aromatic N) is 4. The number of para-hydroxylation sites is 1. The van der Waals surface area contributed by atoms with Crippen molar-refractivity contribution in [3.8, 4) is 23.0 Å². The standard InChI is InChI=1S/C48H58N4O/c1-11-15-41-47(46-32(6)23-31(5)24-33(46)7)43(16-12-2)52(50-41)36-26-35(48(8,9)10)27-38(28-36)53-37-19-20-40-39-17-13-14-18-42(39)51(44(40)29-37)45-25-34(30(3)4)21-22-49-45/h13-14,17-23,25-31,33,46H,11-12,15-16,24H2,1-10H3/t31-,33-,46-/m0/s1. The zero-order valence-electron chi connectivity index (χ0n) is 33.6. The van der Waals surface area contributed by atoms with Gasteiger partial charge in [0.2, 0.25) is 0 Å². The average Bonchev–Trinajstić information content (AvgIpc) is 3.62. The molecular formula is C48H58N4O. The number of fused-ring (bicyclic) bond motifs is 3. The summed E-state index contributed by atoms with van der Waals surface area (Å²) in [6.07, 6.45) is 9.76. The number of hydrogen-bond donors (Lipinski definition) is 0. The van der Waals surface area contributed by atoms with Gasteiger partial charge in [-0.2, -0.15) is 5.10 Å². The van der Waals surface area contributed by atoms with E-state index in [2.05, 4.69) is 157 Å². The van der Waals surface area contributed by atoms with Crippen molar-refractivity contribution in [1.82, 2.24) is 19.3 Å². The Hall–Kier alpha value is -4.64. The molecule has 3 atom stereocenters. The van der Waals surface area contributed by atoms with E-state index in [9.17, 15) is 0 Å². The molecule has 7 rings (SSSR count). The van der Waals surface area contributed by atoms with Crippen molar-refractivity contribution in [2.45, 2.75) is 119 Å². The van der Waals surface area contributed by atoms with Crippen LogP contribution in [0.25, 0.3) is 33.3 Å². The van der Waals surface area contributed by atoms with E-state index >= 15 is 0 Å². The highest BCUT2D eigenvalue weighted by Gasteiger charge is 2.33. The summed E-state index contributed by atoms with van der Waals surface area (Å²) in [7, 11) is 0. The molecular weight excluding hydrogens is 649 g/mol. The number of allylic oxidation sites excluding steroid dienone is 2. The number of pyridine rings is 1. The summed E-state index contributed by atoms with van der Waals surface area (Å²) >= 11 is 0. The van der Waals surface area contributed by atoms with Crippen LogP contribution in [0.3, 0.4) is 0 Å². The quantitative estimate of drug-likeness (QED) is 0.133. The minimum atomic E-state index is -0.0852. The molecule has 3 aromatic carbocycles. The molecule has 0 N–H and O–H groups in total. The molecule has 0 aliphatic heterocycles. The van der Waals surface area contributed by atoms with E-state index < -0.39 is 0 Å². The fraction of sp³-hybridized carbons (Fsp3) is 0.417. The summed E-state index contributed by atoms with van der Waals surface area (Å²) in [5.74, 6) is 4.54. The smallest absolute Gasteiger partial charge is 0.137 e. The molecule has 5 nitrogen and oxygen atoms in total. The summed E-state index contributed by atoms with van der Waals surface area (Å²) in [6.45, 7) is 23.0. The first-order valence-corrected chi connectivity index (χ1v) is 20.0. The highest BCUT2D eigenvalue weighted by Crippen LogP contribution is 2.44. The first-order valence-electron chi connectivity index (χ1n) is 20.0. The van der Waals surface area contributed by atoms with Crippen LogP contribution >= 0.6 is 0 Å². The van der Waals surface area contributed by atoms with Crippen LogP contribution in [0.1, 0.15) is 128 Å². The molecule has 0 saturated heterocycles. The second-order valence-electron chi connectivity index (χ2n) is 17.0. The Morgan fingerprint density at radius 2 is 1.60 bits per heavy atom. The molecule has 1 aliphatic carbocycles. The van der Waals surface area contributed by atoms with Gasteiger partial charge in [-0.25, -0.2) is 9.67 Å². The topological polar surface area (TPSA) is 44.9 Å². The molecule has 276 valence electrons. The minimum absolute atomic E-state index is 0.0852. The molecule has 5 heteroatoms. The van der Waals surface area contributed by atoms with E-state index in [4.69, 9.17) is 14.8 Å².